The van der Waals surface area contributed by atoms with E-state index in [4.69, 9.17) is 0 Å². The average molecular weight is 232 g/mol. The maximum Gasteiger partial charge on any atom is 0.0361 e. The minimum Gasteiger partial charge on any atom is -0.378 e. The Balaban J connectivity index is 1.82. The minimum atomic E-state index is 0.664. The molecule has 0 aliphatic heterocycles. The van der Waals surface area contributed by atoms with Gasteiger partial charge in [-0.2, -0.15) is 0 Å². The maximum atomic E-state index is 3.64. The smallest absolute Gasteiger partial charge is 0.0361 e. The van der Waals surface area contributed by atoms with Gasteiger partial charge in [0.1, 0.15) is 0 Å². The Morgan fingerprint density at radius 3 is 2.35 bits per heavy atom. The van der Waals surface area contributed by atoms with Crippen LogP contribution < -0.4 is 10.2 Å². The normalized spacial score (nSPS) is 17.6. The van der Waals surface area contributed by atoms with Crippen molar-refractivity contribution in [3.05, 3.63) is 29.8 Å². The first-order chi connectivity index (χ1) is 8.16. The SMILES string of the molecule is CC(NCc1ccc(N(C)C)cc1)C1CCC1. The summed E-state index contributed by atoms with van der Waals surface area (Å²) in [5.74, 6) is 0.913. The lowest BCUT2D eigenvalue weighted by molar-refractivity contribution is 0.240. The fourth-order valence-electron chi connectivity index (χ4n) is 2.30. The van der Waals surface area contributed by atoms with Crippen molar-refractivity contribution in [2.75, 3.05) is 19.0 Å². The highest BCUT2D eigenvalue weighted by Gasteiger charge is 2.23. The lowest BCUT2D eigenvalue weighted by Crippen LogP contribution is -2.36. The summed E-state index contributed by atoms with van der Waals surface area (Å²) in [6, 6.07) is 9.47. The summed E-state index contributed by atoms with van der Waals surface area (Å²) in [6.45, 7) is 3.31. The number of nitrogens with one attached hydrogen (secondary N) is 1. The third-order valence-corrected chi connectivity index (χ3v) is 3.94. The van der Waals surface area contributed by atoms with Crippen molar-refractivity contribution < 1.29 is 0 Å². The van der Waals surface area contributed by atoms with Crippen LogP contribution in [0.25, 0.3) is 0 Å². The summed E-state index contributed by atoms with van der Waals surface area (Å²) in [5.41, 5.74) is 2.64. The number of hydrogen-bond acceptors (Lipinski definition) is 2. The van der Waals surface area contributed by atoms with Gasteiger partial charge in [-0.15, -0.1) is 0 Å². The van der Waals surface area contributed by atoms with E-state index in [1.165, 1.54) is 30.5 Å². The first kappa shape index (κ1) is 12.4. The van der Waals surface area contributed by atoms with Crippen molar-refractivity contribution >= 4 is 5.69 Å². The van der Waals surface area contributed by atoms with Crippen molar-refractivity contribution in [2.24, 2.45) is 5.92 Å². The largest absolute Gasteiger partial charge is 0.378 e. The highest BCUT2D eigenvalue weighted by Crippen LogP contribution is 2.29. The summed E-state index contributed by atoms with van der Waals surface area (Å²) >= 11 is 0. The Hall–Kier alpha value is -1.02. The molecule has 0 heterocycles. The summed E-state index contributed by atoms with van der Waals surface area (Å²) in [5, 5.41) is 3.64. The van der Waals surface area contributed by atoms with Gasteiger partial charge in [0.25, 0.3) is 0 Å². The predicted octanol–water partition coefficient (Wildman–Crippen LogP) is 3.03. The number of nitrogens with zero attached hydrogens (tertiary/aromatic N) is 1. The topological polar surface area (TPSA) is 15.3 Å². The maximum absolute atomic E-state index is 3.64. The molecule has 0 bridgehead atoms. The lowest BCUT2D eigenvalue weighted by Gasteiger charge is -2.32. The molecule has 94 valence electrons. The van der Waals surface area contributed by atoms with Crippen molar-refractivity contribution in [3.8, 4) is 0 Å². The monoisotopic (exact) mass is 232 g/mol. The summed E-state index contributed by atoms with van der Waals surface area (Å²) < 4.78 is 0. The van der Waals surface area contributed by atoms with E-state index < -0.39 is 0 Å². The van der Waals surface area contributed by atoms with E-state index in [1.54, 1.807) is 0 Å². The molecule has 2 rings (SSSR count). The van der Waals surface area contributed by atoms with Crippen molar-refractivity contribution in [2.45, 2.75) is 38.8 Å². The predicted molar refractivity (Wildman–Crippen MR) is 74.4 cm³/mol. The summed E-state index contributed by atoms with van der Waals surface area (Å²) in [4.78, 5) is 2.13. The second-order valence-electron chi connectivity index (χ2n) is 5.42. The van der Waals surface area contributed by atoms with E-state index in [0.717, 1.165) is 12.5 Å². The Morgan fingerprint density at radius 2 is 1.88 bits per heavy atom. The molecule has 1 aliphatic carbocycles. The van der Waals surface area contributed by atoms with E-state index in [2.05, 4.69) is 55.5 Å². The Labute approximate surface area is 105 Å². The Kier molecular flexibility index (Phi) is 4.06. The molecule has 1 unspecified atom stereocenters. The zero-order valence-electron chi connectivity index (χ0n) is 11.2. The minimum absolute atomic E-state index is 0.664. The fraction of sp³-hybridized carbons (Fsp3) is 0.600. The molecule has 1 aliphatic rings. The van der Waals surface area contributed by atoms with E-state index >= 15 is 0 Å². The van der Waals surface area contributed by atoms with Crippen LogP contribution in [0.4, 0.5) is 5.69 Å². The van der Waals surface area contributed by atoms with Gasteiger partial charge in [-0.1, -0.05) is 18.6 Å². The first-order valence-corrected chi connectivity index (χ1v) is 6.66. The van der Waals surface area contributed by atoms with Gasteiger partial charge in [-0.25, -0.2) is 0 Å². The molecule has 0 spiro atoms. The molecule has 0 saturated heterocycles. The highest BCUT2D eigenvalue weighted by atomic mass is 15.1. The van der Waals surface area contributed by atoms with Gasteiger partial charge in [0, 0.05) is 32.4 Å². The van der Waals surface area contributed by atoms with Crippen LogP contribution in [-0.2, 0) is 6.54 Å². The summed E-state index contributed by atoms with van der Waals surface area (Å²) in [7, 11) is 4.15. The van der Waals surface area contributed by atoms with Gasteiger partial charge in [-0.3, -0.25) is 0 Å². The Bertz CT molecular complexity index is 338. The van der Waals surface area contributed by atoms with Crippen LogP contribution >= 0.6 is 0 Å². The number of benzene rings is 1. The van der Waals surface area contributed by atoms with Crippen LogP contribution in [0.1, 0.15) is 31.7 Å². The molecule has 0 amide bonds. The van der Waals surface area contributed by atoms with Crippen LogP contribution in [0.15, 0.2) is 24.3 Å². The molecule has 1 fully saturated rings. The third kappa shape index (κ3) is 3.22. The molecular weight excluding hydrogens is 208 g/mol. The van der Waals surface area contributed by atoms with Crippen molar-refractivity contribution in [3.63, 3.8) is 0 Å². The molecule has 0 radical (unpaired) electrons. The Morgan fingerprint density at radius 1 is 1.24 bits per heavy atom. The molecule has 1 atom stereocenters. The first-order valence-electron chi connectivity index (χ1n) is 6.66. The molecule has 17 heavy (non-hydrogen) atoms. The van der Waals surface area contributed by atoms with Crippen molar-refractivity contribution in [1.29, 1.82) is 0 Å². The van der Waals surface area contributed by atoms with Crippen LogP contribution in [0.3, 0.4) is 0 Å². The van der Waals surface area contributed by atoms with Gasteiger partial charge in [0.15, 0.2) is 0 Å². The number of hydrogen-bond donors (Lipinski definition) is 1. The van der Waals surface area contributed by atoms with E-state index in [0.29, 0.717) is 6.04 Å². The van der Waals surface area contributed by atoms with E-state index in [9.17, 15) is 0 Å². The average Bonchev–Trinajstić information content (AvgIpc) is 2.24. The van der Waals surface area contributed by atoms with Crippen LogP contribution in [-0.4, -0.2) is 20.1 Å². The van der Waals surface area contributed by atoms with Crippen LogP contribution in [0.5, 0.6) is 0 Å². The van der Waals surface area contributed by atoms with Crippen molar-refractivity contribution in [1.82, 2.24) is 5.32 Å². The van der Waals surface area contributed by atoms with Gasteiger partial charge in [0.05, 0.1) is 0 Å². The molecule has 0 aromatic heterocycles. The van der Waals surface area contributed by atoms with E-state index in [1.807, 2.05) is 0 Å². The fourth-order valence-corrected chi connectivity index (χ4v) is 2.30. The molecule has 2 heteroatoms. The second-order valence-corrected chi connectivity index (χ2v) is 5.42. The lowest BCUT2D eigenvalue weighted by atomic mass is 9.80. The zero-order chi connectivity index (χ0) is 12.3. The molecule has 2 nitrogen and oxygen atoms in total. The van der Waals surface area contributed by atoms with Gasteiger partial charge in [-0.05, 0) is 43.4 Å². The quantitative estimate of drug-likeness (QED) is 0.839. The van der Waals surface area contributed by atoms with Gasteiger partial charge < -0.3 is 10.2 Å². The number of rotatable bonds is 5. The van der Waals surface area contributed by atoms with Gasteiger partial charge >= 0.3 is 0 Å². The van der Waals surface area contributed by atoms with Crippen LogP contribution in [0, 0.1) is 5.92 Å². The zero-order valence-corrected chi connectivity index (χ0v) is 11.2. The molecule has 1 saturated carbocycles. The molecule has 1 aromatic carbocycles. The van der Waals surface area contributed by atoms with Gasteiger partial charge in [0.2, 0.25) is 0 Å². The van der Waals surface area contributed by atoms with E-state index in [-0.39, 0.29) is 0 Å². The third-order valence-electron chi connectivity index (χ3n) is 3.94. The molecule has 1 aromatic rings. The number of anilines is 1. The molecule has 1 N–H and O–H groups in total. The summed E-state index contributed by atoms with van der Waals surface area (Å²) in [6.07, 6.45) is 4.25. The highest BCUT2D eigenvalue weighted by molar-refractivity contribution is 5.45. The molecular formula is C15H24N2. The standard InChI is InChI=1S/C15H24N2/c1-12(14-5-4-6-14)16-11-13-7-9-15(10-8-13)17(2)3/h7-10,12,14,16H,4-6,11H2,1-3H3. The second kappa shape index (κ2) is 5.54. The van der Waals surface area contributed by atoms with Crippen LogP contribution in [0.2, 0.25) is 0 Å².